The third-order valence-corrected chi connectivity index (χ3v) is 32.9. The Morgan fingerprint density at radius 3 is 1.14 bits per heavy atom. The predicted molar refractivity (Wildman–Crippen MR) is 43.5 cm³/mol. The fraction of sp³-hybridized carbons (Fsp3) is 1.00. The Kier molecular flexibility index (Phi) is 4.86. The van der Waals surface area contributed by atoms with Crippen molar-refractivity contribution >= 4 is 32.0 Å². The fourth-order valence-corrected chi connectivity index (χ4v) is 32.9. The van der Waals surface area contributed by atoms with E-state index in [0.29, 0.717) is 19.3 Å². The van der Waals surface area contributed by atoms with Crippen LogP contribution in [0.1, 0.15) is 0 Å². The zero-order valence-corrected chi connectivity index (χ0v) is 10.2. The maximum atomic E-state index is 2.50. The van der Waals surface area contributed by atoms with Gasteiger partial charge in [-0.2, -0.15) is 0 Å². The van der Waals surface area contributed by atoms with Crippen LogP contribution in [0.5, 0.6) is 0 Å². The number of hydrogen-bond donors (Lipinski definition) is 0. The number of rotatable bonds is 2. The Balaban J connectivity index is 2.95. The van der Waals surface area contributed by atoms with E-state index in [1.54, 1.807) is 0 Å². The first-order valence-electron chi connectivity index (χ1n) is 2.78. The summed E-state index contributed by atoms with van der Waals surface area (Å²) in [5.41, 5.74) is 0. The van der Waals surface area contributed by atoms with Crippen LogP contribution in [0.4, 0.5) is 0 Å². The van der Waals surface area contributed by atoms with E-state index < -0.39 is 0 Å². The Labute approximate surface area is 58.2 Å². The topological polar surface area (TPSA) is 0 Å². The first-order chi connectivity index (χ1) is 3.13. The average Bonchev–Trinajstić information content (AvgIpc) is 1.27. The Morgan fingerprint density at radius 2 is 1.14 bits per heavy atom. The van der Waals surface area contributed by atoms with Crippen LogP contribution < -0.4 is 0 Å². The SMILES string of the molecule is C[SiH](C)[Te+][SiH](C)C. The molecule has 0 aliphatic heterocycles. The second-order valence-electron chi connectivity index (χ2n) is 2.23. The van der Waals surface area contributed by atoms with E-state index >= 15 is 0 Å². The van der Waals surface area contributed by atoms with Crippen molar-refractivity contribution in [2.24, 2.45) is 0 Å². The minimum atomic E-state index is -0.0367. The van der Waals surface area contributed by atoms with Gasteiger partial charge in [0.25, 0.3) is 0 Å². The summed E-state index contributed by atoms with van der Waals surface area (Å²) in [5, 5.41) is 0. The van der Waals surface area contributed by atoms with Crippen molar-refractivity contribution < 1.29 is 0 Å². The van der Waals surface area contributed by atoms with Crippen molar-refractivity contribution in [3.05, 3.63) is 0 Å². The molecular weight excluding hydrogens is 232 g/mol. The first-order valence-corrected chi connectivity index (χ1v) is 16.4. The molecule has 0 nitrogen and oxygen atoms in total. The Hall–Kier alpha value is 1.22. The monoisotopic (exact) mass is 248 g/mol. The Morgan fingerprint density at radius 1 is 0.857 bits per heavy atom. The molecular formula is C4H14Si2Te+. The van der Waals surface area contributed by atoms with Gasteiger partial charge in [0, 0.05) is 0 Å². The second-order valence-corrected chi connectivity index (χ2v) is 30.7. The molecule has 0 atom stereocenters. The first kappa shape index (κ1) is 8.22. The van der Waals surface area contributed by atoms with Crippen LogP contribution in [0, 0.1) is 0 Å². The van der Waals surface area contributed by atoms with Gasteiger partial charge in [-0.05, 0) is 0 Å². The number of hydrogen-bond acceptors (Lipinski definition) is 0. The van der Waals surface area contributed by atoms with Gasteiger partial charge in [0.2, 0.25) is 0 Å². The van der Waals surface area contributed by atoms with Crippen molar-refractivity contribution in [1.29, 1.82) is 0 Å². The van der Waals surface area contributed by atoms with Gasteiger partial charge in [-0.25, -0.2) is 0 Å². The molecule has 0 spiro atoms. The van der Waals surface area contributed by atoms with Gasteiger partial charge in [-0.3, -0.25) is 0 Å². The molecule has 0 fully saturated rings. The zero-order chi connectivity index (χ0) is 5.86. The van der Waals surface area contributed by atoms with Gasteiger partial charge in [0.1, 0.15) is 0 Å². The summed E-state index contributed by atoms with van der Waals surface area (Å²) in [6.45, 7) is 9.98. The third kappa shape index (κ3) is 7.22. The molecule has 0 rings (SSSR count). The molecule has 7 heavy (non-hydrogen) atoms. The summed E-state index contributed by atoms with van der Waals surface area (Å²) in [6, 6.07) is 0. The third-order valence-electron chi connectivity index (χ3n) is 0.544. The molecule has 0 aromatic heterocycles. The van der Waals surface area contributed by atoms with E-state index in [1.165, 1.54) is 0 Å². The molecule has 3 heteroatoms. The van der Waals surface area contributed by atoms with E-state index in [2.05, 4.69) is 26.2 Å². The fourth-order valence-electron chi connectivity index (χ4n) is 0.544. The quantitative estimate of drug-likeness (QED) is 0.628. The van der Waals surface area contributed by atoms with Gasteiger partial charge < -0.3 is 0 Å². The van der Waals surface area contributed by atoms with Crippen molar-refractivity contribution in [3.63, 3.8) is 0 Å². The summed E-state index contributed by atoms with van der Waals surface area (Å²) >= 11 is 0.628. The van der Waals surface area contributed by atoms with Gasteiger partial charge >= 0.3 is 58.2 Å². The molecule has 0 N–H and O–H groups in total. The summed E-state index contributed by atoms with van der Waals surface area (Å²) in [5.74, 6) is 0. The molecule has 0 unspecified atom stereocenters. The molecule has 0 saturated heterocycles. The summed E-state index contributed by atoms with van der Waals surface area (Å²) < 4.78 is 0. The molecule has 0 bridgehead atoms. The van der Waals surface area contributed by atoms with Crippen molar-refractivity contribution in [1.82, 2.24) is 0 Å². The van der Waals surface area contributed by atoms with Gasteiger partial charge in [0.15, 0.2) is 0 Å². The molecule has 0 amide bonds. The molecule has 1 radical (unpaired) electrons. The molecule has 0 aromatic carbocycles. The molecule has 0 aliphatic carbocycles. The summed E-state index contributed by atoms with van der Waals surface area (Å²) in [4.78, 5) is 0. The van der Waals surface area contributed by atoms with Crippen LogP contribution in [0.15, 0.2) is 0 Å². The van der Waals surface area contributed by atoms with E-state index in [-0.39, 0.29) is 12.7 Å². The molecule has 43 valence electrons. The van der Waals surface area contributed by atoms with Crippen LogP contribution in [-0.4, -0.2) is 32.0 Å². The van der Waals surface area contributed by atoms with E-state index in [0.717, 1.165) is 0 Å². The van der Waals surface area contributed by atoms with Gasteiger partial charge in [0.05, 0.1) is 0 Å². The molecule has 0 aliphatic rings. The standard InChI is InChI=1S/C4H14Si2Te/c1-5(2)7-6(3)4/h5-6H,1-4H3/q+1. The maximum absolute atomic E-state index is 2.50. The van der Waals surface area contributed by atoms with Crippen LogP contribution in [0.25, 0.3) is 0 Å². The summed E-state index contributed by atoms with van der Waals surface area (Å²) in [6.07, 6.45) is -0.0733. The van der Waals surface area contributed by atoms with Crippen molar-refractivity contribution in [2.45, 2.75) is 26.2 Å². The predicted octanol–water partition coefficient (Wildman–Crippen LogP) is 0.657. The molecule has 0 saturated carbocycles. The summed E-state index contributed by atoms with van der Waals surface area (Å²) in [7, 11) is 0. The molecule has 0 heterocycles. The van der Waals surface area contributed by atoms with Crippen LogP contribution >= 0.6 is 0 Å². The second kappa shape index (κ2) is 4.14. The van der Waals surface area contributed by atoms with Crippen molar-refractivity contribution in [3.8, 4) is 0 Å². The minimum absolute atomic E-state index is 0.0367. The zero-order valence-electron chi connectivity index (χ0n) is 5.56. The van der Waals surface area contributed by atoms with Gasteiger partial charge in [-0.15, -0.1) is 0 Å². The van der Waals surface area contributed by atoms with E-state index in [4.69, 9.17) is 0 Å². The Bertz CT molecular complexity index is 39.0. The van der Waals surface area contributed by atoms with E-state index in [1.807, 2.05) is 0 Å². The average molecular weight is 246 g/mol. The van der Waals surface area contributed by atoms with Crippen LogP contribution in [0.2, 0.25) is 26.2 Å². The van der Waals surface area contributed by atoms with Crippen LogP contribution in [0.3, 0.4) is 0 Å². The van der Waals surface area contributed by atoms with Crippen molar-refractivity contribution in [2.75, 3.05) is 0 Å². The molecule has 0 aromatic rings. The van der Waals surface area contributed by atoms with Gasteiger partial charge in [-0.1, -0.05) is 0 Å². The van der Waals surface area contributed by atoms with E-state index in [9.17, 15) is 0 Å². The normalized spacial score (nSPS) is 11.1. The van der Waals surface area contributed by atoms with Crippen LogP contribution in [-0.2, 0) is 0 Å².